The van der Waals surface area contributed by atoms with Crippen molar-refractivity contribution in [3.63, 3.8) is 0 Å². The van der Waals surface area contributed by atoms with E-state index >= 15 is 0 Å². The number of hydrogen-bond donors (Lipinski definition) is 0. The second-order valence-corrected chi connectivity index (χ2v) is 5.77. The van der Waals surface area contributed by atoms with Gasteiger partial charge in [0.25, 0.3) is 0 Å². The van der Waals surface area contributed by atoms with E-state index in [-0.39, 0.29) is 0 Å². The zero-order chi connectivity index (χ0) is 14.7. The summed E-state index contributed by atoms with van der Waals surface area (Å²) in [6.07, 6.45) is 1.84. The Morgan fingerprint density at radius 3 is 2.43 bits per heavy atom. The van der Waals surface area contributed by atoms with Crippen LogP contribution in [0.2, 0.25) is 5.02 Å². The van der Waals surface area contributed by atoms with Crippen molar-refractivity contribution in [1.29, 1.82) is 0 Å². The molecule has 3 nitrogen and oxygen atoms in total. The summed E-state index contributed by atoms with van der Waals surface area (Å²) < 4.78 is 0. The normalized spacial score (nSPS) is 15.3. The van der Waals surface area contributed by atoms with Crippen LogP contribution in [0.5, 0.6) is 0 Å². The Labute approximate surface area is 135 Å². The highest BCUT2D eigenvalue weighted by Gasteiger charge is 2.20. The lowest BCUT2D eigenvalue weighted by atomic mass is 10.1. The maximum Gasteiger partial charge on any atom is 0.128 e. The van der Waals surface area contributed by atoms with Crippen molar-refractivity contribution in [2.45, 2.75) is 5.88 Å². The van der Waals surface area contributed by atoms with E-state index < -0.39 is 0 Å². The molecule has 2 heterocycles. The van der Waals surface area contributed by atoms with E-state index in [1.807, 2.05) is 36.5 Å². The Morgan fingerprint density at radius 1 is 1.00 bits per heavy atom. The van der Waals surface area contributed by atoms with Gasteiger partial charge in [-0.15, -0.1) is 11.6 Å². The number of alkyl halides is 1. The van der Waals surface area contributed by atoms with Crippen LogP contribution in [0.3, 0.4) is 0 Å². The molecule has 0 amide bonds. The van der Waals surface area contributed by atoms with Crippen molar-refractivity contribution in [2.75, 3.05) is 36.0 Å². The molecule has 110 valence electrons. The van der Waals surface area contributed by atoms with Crippen LogP contribution in [0, 0.1) is 0 Å². The van der Waals surface area contributed by atoms with Gasteiger partial charge < -0.3 is 9.80 Å². The zero-order valence-electron chi connectivity index (χ0n) is 11.7. The van der Waals surface area contributed by atoms with Gasteiger partial charge in [0.2, 0.25) is 0 Å². The van der Waals surface area contributed by atoms with E-state index in [0.29, 0.717) is 5.88 Å². The molecule has 5 heteroatoms. The average molecular weight is 322 g/mol. The van der Waals surface area contributed by atoms with Gasteiger partial charge in [-0.25, -0.2) is 4.98 Å². The van der Waals surface area contributed by atoms with Gasteiger partial charge in [-0.1, -0.05) is 23.7 Å². The smallest absolute Gasteiger partial charge is 0.128 e. The first-order valence-corrected chi connectivity index (χ1v) is 7.94. The summed E-state index contributed by atoms with van der Waals surface area (Å²) in [7, 11) is 0. The quantitative estimate of drug-likeness (QED) is 0.801. The highest BCUT2D eigenvalue weighted by atomic mass is 35.5. The van der Waals surface area contributed by atoms with E-state index in [9.17, 15) is 0 Å². The van der Waals surface area contributed by atoms with Crippen LogP contribution in [0.25, 0.3) is 0 Å². The van der Waals surface area contributed by atoms with E-state index in [0.717, 1.165) is 48.3 Å². The van der Waals surface area contributed by atoms with Crippen molar-refractivity contribution >= 4 is 34.7 Å². The third-order valence-electron chi connectivity index (χ3n) is 3.78. The second-order valence-electron chi connectivity index (χ2n) is 5.07. The van der Waals surface area contributed by atoms with Gasteiger partial charge >= 0.3 is 0 Å². The fraction of sp³-hybridized carbons (Fsp3) is 0.312. The summed E-state index contributed by atoms with van der Waals surface area (Å²) >= 11 is 12.2. The molecule has 1 aromatic heterocycles. The molecule has 21 heavy (non-hydrogen) atoms. The molecule has 1 aliphatic heterocycles. The van der Waals surface area contributed by atoms with Crippen molar-refractivity contribution < 1.29 is 0 Å². The number of halogens is 2. The molecule has 0 spiro atoms. The van der Waals surface area contributed by atoms with Gasteiger partial charge in [0.05, 0.1) is 0 Å². The van der Waals surface area contributed by atoms with Crippen molar-refractivity contribution in [3.8, 4) is 0 Å². The molecular weight excluding hydrogens is 305 g/mol. The lowest BCUT2D eigenvalue weighted by Gasteiger charge is -2.37. The second kappa shape index (κ2) is 6.54. The SMILES string of the molecule is ClCc1ccc(Cl)cc1N1CCN(c2ccccn2)CC1. The molecule has 0 atom stereocenters. The zero-order valence-corrected chi connectivity index (χ0v) is 13.2. The number of piperazine rings is 1. The lowest BCUT2D eigenvalue weighted by Crippen LogP contribution is -2.47. The molecule has 0 N–H and O–H groups in total. The minimum absolute atomic E-state index is 0.507. The molecule has 0 aliphatic carbocycles. The fourth-order valence-corrected chi connectivity index (χ4v) is 3.05. The van der Waals surface area contributed by atoms with E-state index in [1.54, 1.807) is 0 Å². The Hall–Kier alpha value is -1.45. The number of rotatable bonds is 3. The van der Waals surface area contributed by atoms with Gasteiger partial charge in [-0.2, -0.15) is 0 Å². The monoisotopic (exact) mass is 321 g/mol. The molecule has 2 aromatic rings. The minimum atomic E-state index is 0.507. The molecule has 3 rings (SSSR count). The molecule has 0 radical (unpaired) electrons. The van der Waals surface area contributed by atoms with Crippen LogP contribution >= 0.6 is 23.2 Å². The van der Waals surface area contributed by atoms with Crippen LogP contribution in [-0.2, 0) is 5.88 Å². The number of nitrogens with zero attached hydrogens (tertiary/aromatic N) is 3. The molecule has 1 saturated heterocycles. The number of pyridine rings is 1. The predicted octanol–water partition coefficient (Wildman–Crippen LogP) is 3.80. The fourth-order valence-electron chi connectivity index (χ4n) is 2.66. The highest BCUT2D eigenvalue weighted by molar-refractivity contribution is 6.31. The highest BCUT2D eigenvalue weighted by Crippen LogP contribution is 2.27. The molecule has 1 fully saturated rings. The van der Waals surface area contributed by atoms with Crippen LogP contribution in [0.15, 0.2) is 42.6 Å². The largest absolute Gasteiger partial charge is 0.368 e. The summed E-state index contributed by atoms with van der Waals surface area (Å²) in [6, 6.07) is 11.9. The summed E-state index contributed by atoms with van der Waals surface area (Å²) in [5, 5.41) is 0.756. The minimum Gasteiger partial charge on any atom is -0.368 e. The van der Waals surface area contributed by atoms with Gasteiger partial charge in [-0.3, -0.25) is 0 Å². The van der Waals surface area contributed by atoms with Crippen molar-refractivity contribution in [2.24, 2.45) is 0 Å². The first-order valence-electron chi connectivity index (χ1n) is 7.03. The maximum atomic E-state index is 6.13. The Kier molecular flexibility index (Phi) is 4.51. The molecule has 0 bridgehead atoms. The number of benzene rings is 1. The summed E-state index contributed by atoms with van der Waals surface area (Å²) in [5.74, 6) is 1.55. The third kappa shape index (κ3) is 3.25. The molecule has 1 aliphatic rings. The van der Waals surface area contributed by atoms with E-state index in [2.05, 4.69) is 20.9 Å². The molecule has 1 aromatic carbocycles. The Bertz CT molecular complexity index is 596. The third-order valence-corrected chi connectivity index (χ3v) is 4.31. The van der Waals surface area contributed by atoms with Crippen molar-refractivity contribution in [3.05, 3.63) is 53.2 Å². The molecule has 0 saturated carbocycles. The van der Waals surface area contributed by atoms with Crippen LogP contribution in [-0.4, -0.2) is 31.2 Å². The van der Waals surface area contributed by atoms with Crippen LogP contribution in [0.4, 0.5) is 11.5 Å². The van der Waals surface area contributed by atoms with Crippen molar-refractivity contribution in [1.82, 2.24) is 4.98 Å². The van der Waals surface area contributed by atoms with Crippen LogP contribution < -0.4 is 9.80 Å². The summed E-state index contributed by atoms with van der Waals surface area (Å²) in [6.45, 7) is 3.79. The number of anilines is 2. The van der Waals surface area contributed by atoms with Crippen LogP contribution in [0.1, 0.15) is 5.56 Å². The molecular formula is C16H17Cl2N3. The van der Waals surface area contributed by atoms with E-state index in [1.165, 1.54) is 0 Å². The molecule has 0 unspecified atom stereocenters. The first kappa shape index (κ1) is 14.5. The van der Waals surface area contributed by atoms with Gasteiger partial charge in [-0.05, 0) is 29.8 Å². The number of hydrogen-bond acceptors (Lipinski definition) is 3. The predicted molar refractivity (Wildman–Crippen MR) is 89.7 cm³/mol. The Balaban J connectivity index is 1.73. The first-order chi connectivity index (χ1) is 10.3. The lowest BCUT2D eigenvalue weighted by molar-refractivity contribution is 0.646. The van der Waals surface area contributed by atoms with Gasteiger partial charge in [0.1, 0.15) is 5.82 Å². The standard InChI is InChI=1S/C16H17Cl2N3/c17-12-13-4-5-14(18)11-15(13)20-7-9-21(10-8-20)16-3-1-2-6-19-16/h1-6,11H,7-10,12H2. The summed E-state index contributed by atoms with van der Waals surface area (Å²) in [5.41, 5.74) is 2.28. The van der Waals surface area contributed by atoms with E-state index in [4.69, 9.17) is 23.2 Å². The summed E-state index contributed by atoms with van der Waals surface area (Å²) in [4.78, 5) is 9.07. The number of aromatic nitrogens is 1. The average Bonchev–Trinajstić information content (AvgIpc) is 2.56. The Morgan fingerprint density at radius 2 is 1.76 bits per heavy atom. The maximum absolute atomic E-state index is 6.13. The van der Waals surface area contributed by atoms with Gasteiger partial charge in [0, 0.05) is 49.0 Å². The topological polar surface area (TPSA) is 19.4 Å². The van der Waals surface area contributed by atoms with Gasteiger partial charge in [0.15, 0.2) is 0 Å².